The van der Waals surface area contributed by atoms with Crippen molar-refractivity contribution in [2.75, 3.05) is 11.9 Å². The Bertz CT molecular complexity index is 2180. The van der Waals surface area contributed by atoms with Gasteiger partial charge >= 0.3 is 0 Å². The van der Waals surface area contributed by atoms with E-state index >= 15 is 0 Å². The molecule has 6 rings (SSSR count). The molecule has 288 valence electrons. The number of benzene rings is 3. The fraction of sp³-hybridized carbons (Fsp3) is 0.333. The number of nitrogens with one attached hydrogen (secondary N) is 1. The van der Waals surface area contributed by atoms with Crippen LogP contribution in [0.5, 0.6) is 5.75 Å². The Balaban J connectivity index is 1.19. The van der Waals surface area contributed by atoms with Crippen LogP contribution in [-0.2, 0) is 10.8 Å². The summed E-state index contributed by atoms with van der Waals surface area (Å²) in [6.45, 7) is 11.9. The van der Waals surface area contributed by atoms with Crippen molar-refractivity contribution < 1.29 is 32.4 Å². The van der Waals surface area contributed by atoms with E-state index in [4.69, 9.17) is 13.7 Å². The molecule has 0 aliphatic rings. The third-order valence-electron chi connectivity index (χ3n) is 9.53. The Labute approximate surface area is 320 Å². The van der Waals surface area contributed by atoms with E-state index in [9.17, 15) is 18.7 Å². The monoisotopic (exact) mass is 767 g/mol. The van der Waals surface area contributed by atoms with Crippen LogP contribution in [0.2, 0.25) is 5.04 Å². The molecule has 0 aliphatic carbocycles. The maximum Gasteiger partial charge on any atom is 0.274 e. The molecule has 0 saturated heterocycles. The van der Waals surface area contributed by atoms with Gasteiger partial charge in [-0.3, -0.25) is 9.20 Å². The number of aromatic nitrogens is 4. The summed E-state index contributed by atoms with van der Waals surface area (Å²) in [5, 5.41) is 18.3. The number of carbonyl (C=O) groups excluding carboxylic acids is 1. The summed E-state index contributed by atoms with van der Waals surface area (Å²) in [7, 11) is -3.30. The summed E-state index contributed by atoms with van der Waals surface area (Å²) in [6.07, 6.45) is -0.158. The Hall–Kier alpha value is -5.24. The predicted octanol–water partition coefficient (Wildman–Crippen LogP) is 7.63. The van der Waals surface area contributed by atoms with Gasteiger partial charge in [-0.2, -0.15) is 4.98 Å². The molecule has 2 N–H and O–H groups in total. The van der Waals surface area contributed by atoms with Crippen molar-refractivity contribution in [3.63, 3.8) is 0 Å². The van der Waals surface area contributed by atoms with Crippen LogP contribution in [0, 0.1) is 6.92 Å². The number of amides is 1. The second-order valence-electron chi connectivity index (χ2n) is 15.4. The van der Waals surface area contributed by atoms with Crippen molar-refractivity contribution >= 4 is 35.9 Å². The molecule has 6 aromatic rings. The van der Waals surface area contributed by atoms with Gasteiger partial charge in [-0.25, -0.2) is 13.8 Å². The van der Waals surface area contributed by atoms with E-state index in [-0.39, 0.29) is 24.0 Å². The number of anilines is 1. The van der Waals surface area contributed by atoms with Crippen molar-refractivity contribution in [1.29, 1.82) is 0 Å². The minimum absolute atomic E-state index is 0.00991. The average molecular weight is 768 g/mol. The molecule has 3 aromatic carbocycles. The highest BCUT2D eigenvalue weighted by Gasteiger charge is 2.52. The van der Waals surface area contributed by atoms with E-state index in [1.54, 1.807) is 48.7 Å². The first-order valence-electron chi connectivity index (χ1n) is 18.3. The van der Waals surface area contributed by atoms with Crippen molar-refractivity contribution in [2.24, 2.45) is 0 Å². The van der Waals surface area contributed by atoms with E-state index in [0.29, 0.717) is 47.8 Å². The molecule has 10 nitrogen and oxygen atoms in total. The van der Waals surface area contributed by atoms with Crippen molar-refractivity contribution in [3.8, 4) is 17.1 Å². The fourth-order valence-corrected chi connectivity index (χ4v) is 11.4. The number of fused-ring (bicyclic) bond motifs is 1. The lowest BCUT2D eigenvalue weighted by Crippen LogP contribution is -2.68. The number of alkyl halides is 2. The summed E-state index contributed by atoms with van der Waals surface area (Å²) < 4.78 is 49.7. The van der Waals surface area contributed by atoms with Crippen LogP contribution >= 0.6 is 0 Å². The van der Waals surface area contributed by atoms with Crippen molar-refractivity contribution in [1.82, 2.24) is 19.5 Å². The molecule has 3 aromatic heterocycles. The molecule has 0 fully saturated rings. The van der Waals surface area contributed by atoms with Gasteiger partial charge < -0.3 is 24.1 Å². The maximum absolute atomic E-state index is 15.0. The number of imidazole rings is 1. The molecule has 1 amide bonds. The molecule has 0 aliphatic heterocycles. The largest absolute Gasteiger partial charge is 0.493 e. The lowest BCUT2D eigenvalue weighted by molar-refractivity contribution is 0.00243. The molecule has 0 spiro atoms. The molecule has 13 heteroatoms. The minimum Gasteiger partial charge on any atom is -0.493 e. The number of halogens is 2. The highest BCUT2D eigenvalue weighted by atomic mass is 28.4. The minimum atomic E-state index is -3.30. The molecular formula is C42H47F2N5O5Si. The molecule has 55 heavy (non-hydrogen) atoms. The van der Waals surface area contributed by atoms with Crippen LogP contribution in [-0.4, -0.2) is 63.6 Å². The van der Waals surface area contributed by atoms with Crippen molar-refractivity contribution in [3.05, 3.63) is 121 Å². The lowest BCUT2D eigenvalue weighted by atomic mass is 10.0. The van der Waals surface area contributed by atoms with Gasteiger partial charge in [0.05, 0.1) is 24.8 Å². The smallest absolute Gasteiger partial charge is 0.274 e. The highest BCUT2D eigenvalue weighted by Crippen LogP contribution is 2.38. The second-order valence-corrected chi connectivity index (χ2v) is 19.6. The van der Waals surface area contributed by atoms with Gasteiger partial charge in [0.15, 0.2) is 0 Å². The van der Waals surface area contributed by atoms with Gasteiger partial charge in [0.25, 0.3) is 20.7 Å². The van der Waals surface area contributed by atoms with Crippen LogP contribution in [0.1, 0.15) is 69.4 Å². The fourth-order valence-electron chi connectivity index (χ4n) is 6.72. The third-order valence-corrected chi connectivity index (χ3v) is 14.6. The summed E-state index contributed by atoms with van der Waals surface area (Å²) >= 11 is 0. The van der Waals surface area contributed by atoms with E-state index in [1.165, 1.54) is 6.20 Å². The van der Waals surface area contributed by atoms with Crippen LogP contribution in [0.3, 0.4) is 0 Å². The van der Waals surface area contributed by atoms with Gasteiger partial charge in [-0.15, -0.1) is 0 Å². The summed E-state index contributed by atoms with van der Waals surface area (Å²) in [5.74, 6) is 0.420. The number of aryl methyl sites for hydroxylation is 1. The van der Waals surface area contributed by atoms with Gasteiger partial charge in [-0.05, 0) is 66.7 Å². The summed E-state index contributed by atoms with van der Waals surface area (Å²) in [4.78, 5) is 22.4. The van der Waals surface area contributed by atoms with Crippen LogP contribution in [0.15, 0.2) is 108 Å². The topological polar surface area (TPSA) is 124 Å². The zero-order valence-electron chi connectivity index (χ0n) is 31.9. The van der Waals surface area contributed by atoms with Gasteiger partial charge in [0, 0.05) is 23.5 Å². The standard InChI is InChI=1S/C42H47F2N5O5Si/c1-28-18-19-29(24-33(28)46-40(50)34-27-45-36-25-30(20-22-49(34)36)52-23-13-21-42(5,6)51)39-47-37(53-48-39)26-35(38(43)44)54-55(41(2,3)4,31-14-9-7-10-15-31)32-16-11-8-12-17-32/h7-12,14-20,22,24-25,27,35,38,51H,13,21,23,26H2,1-6H3,(H,46,50). The van der Waals surface area contributed by atoms with Crippen LogP contribution in [0.4, 0.5) is 14.5 Å². The average Bonchev–Trinajstić information content (AvgIpc) is 3.80. The molecule has 1 unspecified atom stereocenters. The maximum atomic E-state index is 15.0. The number of ether oxygens (including phenoxy) is 1. The predicted molar refractivity (Wildman–Crippen MR) is 211 cm³/mol. The Kier molecular flexibility index (Phi) is 11.6. The molecule has 1 atom stereocenters. The van der Waals surface area contributed by atoms with Crippen molar-refractivity contribution in [2.45, 2.75) is 84.0 Å². The molecule has 3 heterocycles. The number of pyridine rings is 1. The SMILES string of the molecule is Cc1ccc(-c2noc(CC(O[Si](c3ccccc3)(c3ccccc3)C(C)(C)C)C(F)F)n2)cc1NC(=O)c1cnc2cc(OCCCC(C)(C)O)ccn12. The number of aliphatic hydroxyl groups is 1. The van der Waals surface area contributed by atoms with E-state index in [1.807, 2.05) is 94.4 Å². The lowest BCUT2D eigenvalue weighted by Gasteiger charge is -2.44. The zero-order chi connectivity index (χ0) is 39.4. The second kappa shape index (κ2) is 16.2. The first-order chi connectivity index (χ1) is 26.1. The summed E-state index contributed by atoms with van der Waals surface area (Å²) in [6, 6.07) is 28.1. The number of rotatable bonds is 15. The van der Waals surface area contributed by atoms with Gasteiger partial charge in [0.1, 0.15) is 23.2 Å². The molecular weight excluding hydrogens is 721 g/mol. The zero-order valence-corrected chi connectivity index (χ0v) is 32.9. The number of nitrogens with zero attached hydrogens (tertiary/aromatic N) is 4. The Morgan fingerprint density at radius 1 is 0.964 bits per heavy atom. The highest BCUT2D eigenvalue weighted by molar-refractivity contribution is 6.99. The van der Waals surface area contributed by atoms with E-state index in [2.05, 4.69) is 20.4 Å². The molecule has 0 saturated carbocycles. The Morgan fingerprint density at radius 2 is 1.64 bits per heavy atom. The number of hydrogen-bond acceptors (Lipinski definition) is 8. The van der Waals surface area contributed by atoms with Gasteiger partial charge in [-0.1, -0.05) is 98.7 Å². The van der Waals surface area contributed by atoms with Crippen LogP contribution < -0.4 is 20.4 Å². The quantitative estimate of drug-likeness (QED) is 0.0808. The van der Waals surface area contributed by atoms with E-state index in [0.717, 1.165) is 15.9 Å². The van der Waals surface area contributed by atoms with Gasteiger partial charge in [0.2, 0.25) is 11.7 Å². The van der Waals surface area contributed by atoms with E-state index < -0.39 is 31.5 Å². The first-order valence-corrected chi connectivity index (χ1v) is 20.2. The Morgan fingerprint density at radius 3 is 2.25 bits per heavy atom. The van der Waals surface area contributed by atoms with Crippen LogP contribution in [0.25, 0.3) is 17.0 Å². The summed E-state index contributed by atoms with van der Waals surface area (Å²) in [5.41, 5.74) is 1.92. The number of hydrogen-bond donors (Lipinski definition) is 2. The normalized spacial score (nSPS) is 13.0. The first kappa shape index (κ1) is 39.5. The third kappa shape index (κ3) is 9.01. The number of carbonyl (C=O) groups is 1. The molecule has 0 radical (unpaired) electrons. The molecule has 0 bridgehead atoms.